The van der Waals surface area contributed by atoms with Crippen molar-refractivity contribution in [3.63, 3.8) is 0 Å². The molecule has 0 bridgehead atoms. The van der Waals surface area contributed by atoms with Crippen molar-refractivity contribution in [2.75, 3.05) is 28.2 Å². The van der Waals surface area contributed by atoms with E-state index in [1.807, 2.05) is 37.3 Å². The zero-order chi connectivity index (χ0) is 21.1. The standard InChI is InChI=1S/C22H20ClN5O2/c1-2-27-19-7-6-18(15-4-3-5-16(23)14-15)26-21(19)28(13-10-20(27)29)22(30)25-17-8-11-24-12-9-17/h3-9,11-12,14H,2,10,13H2,1H3,(H,24,25,30). The summed E-state index contributed by atoms with van der Waals surface area (Å²) in [6.07, 6.45) is 3.41. The molecule has 0 fully saturated rings. The van der Waals surface area contributed by atoms with E-state index in [1.165, 1.54) is 4.90 Å². The smallest absolute Gasteiger partial charge is 0.309 e. The van der Waals surface area contributed by atoms with Crippen LogP contribution in [0.3, 0.4) is 0 Å². The molecule has 1 N–H and O–H groups in total. The van der Waals surface area contributed by atoms with E-state index in [9.17, 15) is 9.59 Å². The zero-order valence-corrected chi connectivity index (χ0v) is 17.1. The fourth-order valence-electron chi connectivity index (χ4n) is 3.41. The van der Waals surface area contributed by atoms with Crippen molar-refractivity contribution in [2.45, 2.75) is 13.3 Å². The van der Waals surface area contributed by atoms with Crippen LogP contribution in [0.4, 0.5) is 22.0 Å². The molecular weight excluding hydrogens is 402 g/mol. The Hall–Kier alpha value is -3.45. The topological polar surface area (TPSA) is 78.4 Å². The van der Waals surface area contributed by atoms with Gasteiger partial charge in [-0.15, -0.1) is 0 Å². The van der Waals surface area contributed by atoms with Gasteiger partial charge >= 0.3 is 6.03 Å². The molecule has 7 nitrogen and oxygen atoms in total. The van der Waals surface area contributed by atoms with E-state index in [0.717, 1.165) is 5.56 Å². The van der Waals surface area contributed by atoms with Gasteiger partial charge in [-0.25, -0.2) is 9.78 Å². The number of hydrogen-bond acceptors (Lipinski definition) is 4. The van der Waals surface area contributed by atoms with Crippen LogP contribution in [-0.4, -0.2) is 35.0 Å². The lowest BCUT2D eigenvalue weighted by molar-refractivity contribution is -0.118. The Kier molecular flexibility index (Phi) is 5.63. The molecule has 8 heteroatoms. The van der Waals surface area contributed by atoms with Crippen LogP contribution in [0.2, 0.25) is 5.02 Å². The molecule has 30 heavy (non-hydrogen) atoms. The molecule has 3 heterocycles. The van der Waals surface area contributed by atoms with E-state index in [4.69, 9.17) is 16.6 Å². The number of anilines is 3. The summed E-state index contributed by atoms with van der Waals surface area (Å²) in [6, 6.07) is 14.1. The molecule has 1 aliphatic rings. The summed E-state index contributed by atoms with van der Waals surface area (Å²) in [6.45, 7) is 2.62. The molecule has 152 valence electrons. The van der Waals surface area contributed by atoms with Gasteiger partial charge in [0.2, 0.25) is 5.91 Å². The molecular formula is C22H20ClN5O2. The van der Waals surface area contributed by atoms with Gasteiger partial charge in [0.25, 0.3) is 0 Å². The first-order valence-corrected chi connectivity index (χ1v) is 10.0. The minimum Gasteiger partial charge on any atom is -0.309 e. The van der Waals surface area contributed by atoms with Crippen LogP contribution in [0.15, 0.2) is 60.9 Å². The molecule has 0 radical (unpaired) electrons. The summed E-state index contributed by atoms with van der Waals surface area (Å²) in [4.78, 5) is 37.6. The number of benzene rings is 1. The van der Waals surface area contributed by atoms with Gasteiger partial charge in [0.1, 0.15) is 0 Å². The predicted octanol–water partition coefficient (Wildman–Crippen LogP) is 4.59. The number of fused-ring (bicyclic) bond motifs is 1. The second-order valence-electron chi connectivity index (χ2n) is 6.76. The molecule has 0 atom stereocenters. The van der Waals surface area contributed by atoms with E-state index in [2.05, 4.69) is 10.3 Å². The van der Waals surface area contributed by atoms with E-state index in [-0.39, 0.29) is 24.9 Å². The number of aromatic nitrogens is 2. The Morgan fingerprint density at radius 1 is 1.17 bits per heavy atom. The molecule has 4 rings (SSSR count). The average molecular weight is 422 g/mol. The highest BCUT2D eigenvalue weighted by Gasteiger charge is 2.30. The molecule has 0 aliphatic carbocycles. The molecule has 3 amide bonds. The van der Waals surface area contributed by atoms with Crippen molar-refractivity contribution in [3.8, 4) is 11.3 Å². The van der Waals surface area contributed by atoms with Crippen LogP contribution < -0.4 is 15.1 Å². The van der Waals surface area contributed by atoms with Crippen molar-refractivity contribution < 1.29 is 9.59 Å². The van der Waals surface area contributed by atoms with Crippen LogP contribution in [-0.2, 0) is 4.79 Å². The minimum atomic E-state index is -0.357. The van der Waals surface area contributed by atoms with Gasteiger partial charge in [-0.2, -0.15) is 0 Å². The third kappa shape index (κ3) is 3.97. The normalized spacial score (nSPS) is 13.6. The molecule has 1 aromatic carbocycles. The molecule has 0 saturated heterocycles. The van der Waals surface area contributed by atoms with Crippen LogP contribution in [0.1, 0.15) is 13.3 Å². The van der Waals surface area contributed by atoms with Crippen LogP contribution >= 0.6 is 11.6 Å². The molecule has 1 aliphatic heterocycles. The van der Waals surface area contributed by atoms with E-state index in [0.29, 0.717) is 34.5 Å². The van der Waals surface area contributed by atoms with Crippen LogP contribution in [0.5, 0.6) is 0 Å². The third-order valence-corrected chi connectivity index (χ3v) is 5.10. The van der Waals surface area contributed by atoms with Gasteiger partial charge in [0.15, 0.2) is 5.82 Å². The molecule has 2 aromatic heterocycles. The maximum Gasteiger partial charge on any atom is 0.327 e. The summed E-state index contributed by atoms with van der Waals surface area (Å²) >= 11 is 6.14. The van der Waals surface area contributed by atoms with Gasteiger partial charge in [0.05, 0.1) is 11.4 Å². The van der Waals surface area contributed by atoms with E-state index < -0.39 is 0 Å². The number of urea groups is 1. The molecule has 0 unspecified atom stereocenters. The zero-order valence-electron chi connectivity index (χ0n) is 16.4. The Balaban J connectivity index is 1.77. The van der Waals surface area contributed by atoms with Crippen molar-refractivity contribution in [3.05, 3.63) is 65.9 Å². The third-order valence-electron chi connectivity index (χ3n) is 4.86. The van der Waals surface area contributed by atoms with Gasteiger partial charge in [-0.1, -0.05) is 23.7 Å². The monoisotopic (exact) mass is 421 g/mol. The Bertz CT molecular complexity index is 1090. The summed E-state index contributed by atoms with van der Waals surface area (Å²) in [5, 5.41) is 3.45. The van der Waals surface area contributed by atoms with Gasteiger partial charge in [0, 0.05) is 48.2 Å². The Labute approximate surface area is 179 Å². The summed E-state index contributed by atoms with van der Waals surface area (Å²) in [5.41, 5.74) is 2.72. The number of nitrogens with zero attached hydrogens (tertiary/aromatic N) is 4. The first-order chi connectivity index (χ1) is 14.6. The van der Waals surface area contributed by atoms with Crippen LogP contribution in [0, 0.1) is 0 Å². The number of nitrogens with one attached hydrogen (secondary N) is 1. The second-order valence-corrected chi connectivity index (χ2v) is 7.19. The van der Waals surface area contributed by atoms with Crippen molar-refractivity contribution in [2.24, 2.45) is 0 Å². The number of carbonyl (C=O) groups excluding carboxylic acids is 2. The number of halogens is 1. The highest BCUT2D eigenvalue weighted by Crippen LogP contribution is 2.34. The van der Waals surface area contributed by atoms with E-state index in [1.54, 1.807) is 35.5 Å². The second kappa shape index (κ2) is 8.51. The lowest BCUT2D eigenvalue weighted by Crippen LogP contribution is -2.36. The Morgan fingerprint density at radius 2 is 1.97 bits per heavy atom. The minimum absolute atomic E-state index is 0.0460. The number of rotatable bonds is 3. The van der Waals surface area contributed by atoms with Crippen molar-refractivity contribution in [1.82, 2.24) is 9.97 Å². The largest absolute Gasteiger partial charge is 0.327 e. The quantitative estimate of drug-likeness (QED) is 0.670. The van der Waals surface area contributed by atoms with Gasteiger partial charge < -0.3 is 10.2 Å². The summed E-state index contributed by atoms with van der Waals surface area (Å²) in [5.74, 6) is 0.391. The first-order valence-electron chi connectivity index (χ1n) is 9.62. The number of carbonyl (C=O) groups is 2. The fourth-order valence-corrected chi connectivity index (χ4v) is 3.60. The van der Waals surface area contributed by atoms with Crippen molar-refractivity contribution in [1.29, 1.82) is 0 Å². The molecule has 3 aromatic rings. The SMILES string of the molecule is CCN1C(=O)CCN(C(=O)Nc2ccncc2)c2nc(-c3cccc(Cl)c3)ccc21. The summed E-state index contributed by atoms with van der Waals surface area (Å²) in [7, 11) is 0. The van der Waals surface area contributed by atoms with Crippen LogP contribution in [0.25, 0.3) is 11.3 Å². The Morgan fingerprint density at radius 3 is 2.70 bits per heavy atom. The van der Waals surface area contributed by atoms with Gasteiger partial charge in [-0.05, 0) is 43.3 Å². The lowest BCUT2D eigenvalue weighted by Gasteiger charge is -2.24. The molecule has 0 saturated carbocycles. The maximum atomic E-state index is 13.1. The first kappa shape index (κ1) is 19.8. The van der Waals surface area contributed by atoms with Gasteiger partial charge in [-0.3, -0.25) is 14.7 Å². The maximum absolute atomic E-state index is 13.1. The fraction of sp³-hybridized carbons (Fsp3) is 0.182. The highest BCUT2D eigenvalue weighted by molar-refractivity contribution is 6.30. The highest BCUT2D eigenvalue weighted by atomic mass is 35.5. The number of hydrogen-bond donors (Lipinski definition) is 1. The van der Waals surface area contributed by atoms with E-state index >= 15 is 0 Å². The lowest BCUT2D eigenvalue weighted by atomic mass is 10.1. The van der Waals surface area contributed by atoms with Crippen molar-refractivity contribution >= 4 is 40.7 Å². The molecule has 0 spiro atoms. The number of amides is 3. The summed E-state index contributed by atoms with van der Waals surface area (Å²) < 4.78 is 0. The predicted molar refractivity (Wildman–Crippen MR) is 118 cm³/mol. The average Bonchev–Trinajstić information content (AvgIpc) is 2.89. The number of pyridine rings is 2.